The van der Waals surface area contributed by atoms with Crippen LogP contribution in [0.5, 0.6) is 11.5 Å². The Hall–Kier alpha value is -0.850. The summed E-state index contributed by atoms with van der Waals surface area (Å²) in [7, 11) is -4.49. The topological polar surface area (TPSA) is 66.4 Å². The Balaban J connectivity index is 0.00000512. The summed E-state index contributed by atoms with van der Waals surface area (Å²) in [6.07, 6.45) is 15.5. The van der Waals surface area contributed by atoms with E-state index in [-0.39, 0.29) is 34.5 Å². The fourth-order valence-electron chi connectivity index (χ4n) is 3.84. The molecule has 0 bridgehead atoms. The largest absolute Gasteiger partial charge is 1.00 e. The molecule has 2 rings (SSSR count). The molecule has 2 aromatic rings. The SMILES string of the molecule is CCCCCCCCCCCCCCc1cc(Oc2ccccc2)ccc1S(=O)(=O)[O-].[Na+]. The van der Waals surface area contributed by atoms with Crippen LogP contribution in [0.4, 0.5) is 0 Å². The normalized spacial score (nSPS) is 11.2. The van der Waals surface area contributed by atoms with E-state index in [1.54, 1.807) is 12.1 Å². The molecule has 0 aromatic heterocycles. The number of hydrogen-bond acceptors (Lipinski definition) is 4. The molecule has 0 radical (unpaired) electrons. The summed E-state index contributed by atoms with van der Waals surface area (Å²) >= 11 is 0. The minimum Gasteiger partial charge on any atom is -0.744 e. The smallest absolute Gasteiger partial charge is 0.744 e. The molecule has 0 N–H and O–H groups in total. The quantitative estimate of drug-likeness (QED) is 0.205. The molecule has 0 atom stereocenters. The van der Waals surface area contributed by atoms with Gasteiger partial charge in [-0.3, -0.25) is 0 Å². The molecule has 0 saturated carbocycles. The second kappa shape index (κ2) is 16.7. The van der Waals surface area contributed by atoms with Gasteiger partial charge in [0.15, 0.2) is 0 Å². The fraction of sp³-hybridized carbons (Fsp3) is 0.538. The minimum atomic E-state index is -4.49. The van der Waals surface area contributed by atoms with Gasteiger partial charge in [-0.05, 0) is 48.7 Å². The van der Waals surface area contributed by atoms with Crippen LogP contribution in [0, 0.1) is 0 Å². The molecule has 0 heterocycles. The van der Waals surface area contributed by atoms with Crippen LogP contribution in [-0.2, 0) is 16.5 Å². The van der Waals surface area contributed by atoms with Gasteiger partial charge in [0.1, 0.15) is 21.6 Å². The van der Waals surface area contributed by atoms with Crippen LogP contribution in [0.25, 0.3) is 0 Å². The van der Waals surface area contributed by atoms with Crippen molar-refractivity contribution < 1.29 is 47.3 Å². The van der Waals surface area contributed by atoms with Crippen LogP contribution < -0.4 is 34.3 Å². The maximum atomic E-state index is 11.6. The van der Waals surface area contributed by atoms with E-state index < -0.39 is 10.1 Å². The third-order valence-electron chi connectivity index (χ3n) is 5.58. The standard InChI is InChI=1S/C26H38O4S.Na/c1-2-3-4-5-6-7-8-9-10-11-12-14-17-23-22-25(20-21-26(23)31(27,28)29)30-24-18-15-13-16-19-24;/h13,15-16,18-22H,2-12,14,17H2,1H3,(H,27,28,29);/q;+1/p-1. The molecule has 0 unspecified atom stereocenters. The second-order valence-corrected chi connectivity index (χ2v) is 9.63. The first kappa shape index (κ1) is 29.2. The summed E-state index contributed by atoms with van der Waals surface area (Å²) < 4.78 is 40.7. The van der Waals surface area contributed by atoms with Crippen LogP contribution in [0.2, 0.25) is 0 Å². The van der Waals surface area contributed by atoms with Gasteiger partial charge in [-0.2, -0.15) is 0 Å². The Morgan fingerprint density at radius 3 is 1.78 bits per heavy atom. The molecule has 172 valence electrons. The van der Waals surface area contributed by atoms with Gasteiger partial charge in [0.05, 0.1) is 4.90 Å². The number of ether oxygens (including phenoxy) is 1. The molecule has 32 heavy (non-hydrogen) atoms. The summed E-state index contributed by atoms with van der Waals surface area (Å²) in [5.74, 6) is 1.23. The zero-order chi connectivity index (χ0) is 22.4. The average Bonchev–Trinajstić information content (AvgIpc) is 2.74. The zero-order valence-corrected chi connectivity index (χ0v) is 22.7. The van der Waals surface area contributed by atoms with Gasteiger partial charge >= 0.3 is 29.6 Å². The van der Waals surface area contributed by atoms with E-state index in [0.29, 0.717) is 23.5 Å². The number of hydrogen-bond donors (Lipinski definition) is 0. The van der Waals surface area contributed by atoms with E-state index >= 15 is 0 Å². The van der Waals surface area contributed by atoms with Crippen molar-refractivity contribution in [2.75, 3.05) is 0 Å². The molecule has 0 spiro atoms. The van der Waals surface area contributed by atoms with Crippen molar-refractivity contribution in [2.24, 2.45) is 0 Å². The molecule has 2 aromatic carbocycles. The molecule has 0 amide bonds. The first-order valence-corrected chi connectivity index (χ1v) is 13.2. The van der Waals surface area contributed by atoms with Crippen molar-refractivity contribution in [1.29, 1.82) is 0 Å². The monoisotopic (exact) mass is 468 g/mol. The van der Waals surface area contributed by atoms with Crippen molar-refractivity contribution in [2.45, 2.75) is 95.3 Å². The third-order valence-corrected chi connectivity index (χ3v) is 6.52. The number of rotatable bonds is 16. The Morgan fingerprint density at radius 2 is 1.25 bits per heavy atom. The van der Waals surface area contributed by atoms with E-state index in [1.807, 2.05) is 30.3 Å². The van der Waals surface area contributed by atoms with Crippen molar-refractivity contribution in [3.05, 3.63) is 54.1 Å². The summed E-state index contributed by atoms with van der Waals surface area (Å²) in [5, 5.41) is 0. The Labute approximate surface area is 217 Å². The number of unbranched alkanes of at least 4 members (excludes halogenated alkanes) is 11. The van der Waals surface area contributed by atoms with Crippen molar-refractivity contribution >= 4 is 10.1 Å². The fourth-order valence-corrected chi connectivity index (χ4v) is 4.56. The third kappa shape index (κ3) is 11.9. The Kier molecular flexibility index (Phi) is 15.2. The van der Waals surface area contributed by atoms with Gasteiger partial charge in [-0.1, -0.05) is 95.8 Å². The predicted molar refractivity (Wildman–Crippen MR) is 126 cm³/mol. The van der Waals surface area contributed by atoms with Crippen LogP contribution >= 0.6 is 0 Å². The zero-order valence-electron chi connectivity index (χ0n) is 19.9. The van der Waals surface area contributed by atoms with Crippen molar-refractivity contribution in [3.8, 4) is 11.5 Å². The molecule has 6 heteroatoms. The van der Waals surface area contributed by atoms with Gasteiger partial charge in [0.2, 0.25) is 0 Å². The molecule has 0 aliphatic carbocycles. The molecule has 0 aliphatic heterocycles. The van der Waals surface area contributed by atoms with Gasteiger partial charge in [0, 0.05) is 0 Å². The molecule has 0 saturated heterocycles. The molecule has 0 aliphatic rings. The minimum absolute atomic E-state index is 0. The summed E-state index contributed by atoms with van der Waals surface area (Å²) in [6, 6.07) is 13.9. The van der Waals surface area contributed by atoms with E-state index in [1.165, 1.54) is 63.9 Å². The summed E-state index contributed by atoms with van der Waals surface area (Å²) in [4.78, 5) is -0.129. The van der Waals surface area contributed by atoms with Gasteiger partial charge < -0.3 is 9.29 Å². The number of aryl methyl sites for hydroxylation is 1. The molecular weight excluding hydrogens is 431 g/mol. The van der Waals surface area contributed by atoms with Crippen molar-refractivity contribution in [1.82, 2.24) is 0 Å². The van der Waals surface area contributed by atoms with Crippen LogP contribution in [0.3, 0.4) is 0 Å². The van der Waals surface area contributed by atoms with E-state index in [9.17, 15) is 13.0 Å². The number of benzene rings is 2. The summed E-state index contributed by atoms with van der Waals surface area (Å²) in [6.45, 7) is 2.25. The van der Waals surface area contributed by atoms with Crippen LogP contribution in [-0.4, -0.2) is 13.0 Å². The summed E-state index contributed by atoms with van der Waals surface area (Å²) in [5.41, 5.74) is 0.551. The second-order valence-electron chi connectivity index (χ2n) is 8.28. The van der Waals surface area contributed by atoms with E-state index in [4.69, 9.17) is 4.74 Å². The van der Waals surface area contributed by atoms with Crippen molar-refractivity contribution in [3.63, 3.8) is 0 Å². The van der Waals surface area contributed by atoms with Crippen LogP contribution in [0.1, 0.15) is 89.5 Å². The Morgan fingerprint density at radius 1 is 0.719 bits per heavy atom. The first-order valence-electron chi connectivity index (χ1n) is 11.8. The molecule has 0 fully saturated rings. The van der Waals surface area contributed by atoms with E-state index in [0.717, 1.165) is 19.3 Å². The van der Waals surface area contributed by atoms with E-state index in [2.05, 4.69) is 6.92 Å². The van der Waals surface area contributed by atoms with Gasteiger partial charge in [-0.15, -0.1) is 0 Å². The van der Waals surface area contributed by atoms with Gasteiger partial charge in [-0.25, -0.2) is 8.42 Å². The van der Waals surface area contributed by atoms with Gasteiger partial charge in [0.25, 0.3) is 0 Å². The molecule has 4 nitrogen and oxygen atoms in total. The maximum Gasteiger partial charge on any atom is 1.00 e. The van der Waals surface area contributed by atoms with Crippen LogP contribution in [0.15, 0.2) is 53.4 Å². The number of para-hydroxylation sites is 1. The average molecular weight is 469 g/mol. The predicted octanol–water partition coefficient (Wildman–Crippen LogP) is 4.63. The molecular formula is C26H37NaO4S. The first-order chi connectivity index (χ1) is 15.0. The Bertz CT molecular complexity index is 853. The maximum absolute atomic E-state index is 11.6.